The Labute approximate surface area is 111 Å². The van der Waals surface area contributed by atoms with Crippen LogP contribution in [0.4, 0.5) is 13.2 Å². The summed E-state index contributed by atoms with van der Waals surface area (Å²) in [6.45, 7) is 6.83. The van der Waals surface area contributed by atoms with Crippen LogP contribution in [-0.2, 0) is 4.79 Å². The first kappa shape index (κ1) is 14.6. The fourth-order valence-corrected chi connectivity index (χ4v) is 2.95. The zero-order chi connectivity index (χ0) is 14.4. The Bertz CT molecular complexity index is 350. The highest BCUT2D eigenvalue weighted by atomic mass is 19.4. The van der Waals surface area contributed by atoms with Crippen LogP contribution in [0.3, 0.4) is 0 Å². The fraction of sp³-hybridized carbons (Fsp3) is 0.923. The molecule has 3 nitrogen and oxygen atoms in total. The number of nitrogens with zero attached hydrogens (tertiary/aromatic N) is 2. The van der Waals surface area contributed by atoms with E-state index < -0.39 is 18.0 Å². The van der Waals surface area contributed by atoms with Crippen molar-refractivity contribution in [2.75, 3.05) is 19.6 Å². The molecule has 3 aliphatic rings. The van der Waals surface area contributed by atoms with Gasteiger partial charge in [-0.1, -0.05) is 20.8 Å². The molecule has 3 fully saturated rings. The van der Waals surface area contributed by atoms with Crippen LogP contribution in [0.5, 0.6) is 0 Å². The van der Waals surface area contributed by atoms with Crippen LogP contribution in [0.25, 0.3) is 0 Å². The fourth-order valence-electron chi connectivity index (χ4n) is 2.95. The maximum Gasteiger partial charge on any atom is 0.390 e. The van der Waals surface area contributed by atoms with Crippen LogP contribution in [0.15, 0.2) is 0 Å². The smallest absolute Gasteiger partial charge is 0.339 e. The molecule has 3 rings (SSSR count). The molecule has 110 valence electrons. The van der Waals surface area contributed by atoms with E-state index in [0.29, 0.717) is 13.1 Å². The lowest BCUT2D eigenvalue weighted by molar-refractivity contribution is -0.163. The van der Waals surface area contributed by atoms with Crippen LogP contribution >= 0.6 is 0 Å². The highest BCUT2D eigenvalue weighted by molar-refractivity contribution is 5.81. The van der Waals surface area contributed by atoms with Gasteiger partial charge < -0.3 is 4.90 Å². The monoisotopic (exact) mass is 278 g/mol. The third kappa shape index (κ3) is 3.22. The van der Waals surface area contributed by atoms with Crippen LogP contribution in [0.1, 0.15) is 33.6 Å². The first-order chi connectivity index (χ1) is 8.58. The van der Waals surface area contributed by atoms with Crippen molar-refractivity contribution in [3.8, 4) is 0 Å². The van der Waals surface area contributed by atoms with E-state index in [1.54, 1.807) is 0 Å². The maximum atomic E-state index is 12.2. The van der Waals surface area contributed by atoms with E-state index >= 15 is 0 Å². The van der Waals surface area contributed by atoms with Crippen LogP contribution in [-0.4, -0.2) is 53.6 Å². The number of carbonyl (C=O) groups excluding carboxylic acids is 1. The van der Waals surface area contributed by atoms with Gasteiger partial charge in [0.2, 0.25) is 5.91 Å². The van der Waals surface area contributed by atoms with Crippen LogP contribution in [0.2, 0.25) is 0 Å². The summed E-state index contributed by atoms with van der Waals surface area (Å²) in [7, 11) is 0. The number of halogens is 3. The number of hydrogen-bond acceptors (Lipinski definition) is 2. The molecule has 0 aromatic carbocycles. The second kappa shape index (κ2) is 4.65. The molecule has 0 aliphatic carbocycles. The minimum Gasteiger partial charge on any atom is -0.339 e. The van der Waals surface area contributed by atoms with Gasteiger partial charge in [0.15, 0.2) is 0 Å². The van der Waals surface area contributed by atoms with Gasteiger partial charge >= 0.3 is 6.18 Å². The minimum absolute atomic E-state index is 0.0659. The third-order valence-corrected chi connectivity index (χ3v) is 3.93. The SMILES string of the molecule is CC(C)(C)C(=O)N1CC2CC(C1)N2CCC(F)(F)F. The molecule has 0 aromatic rings. The summed E-state index contributed by atoms with van der Waals surface area (Å²) in [5, 5.41) is 0. The Balaban J connectivity index is 1.87. The first-order valence-electron chi connectivity index (χ1n) is 6.70. The van der Waals surface area contributed by atoms with Gasteiger partial charge in [-0.15, -0.1) is 0 Å². The van der Waals surface area contributed by atoms with Crippen LogP contribution in [0, 0.1) is 5.41 Å². The van der Waals surface area contributed by atoms with Crippen molar-refractivity contribution >= 4 is 5.91 Å². The second-order valence-electron chi connectivity index (χ2n) is 6.61. The molecule has 0 aromatic heterocycles. The highest BCUT2D eigenvalue weighted by Gasteiger charge is 2.47. The number of fused-ring (bicyclic) bond motifs is 2. The lowest BCUT2D eigenvalue weighted by Gasteiger charge is -2.57. The topological polar surface area (TPSA) is 23.6 Å². The number of amides is 1. The van der Waals surface area contributed by atoms with E-state index in [1.165, 1.54) is 0 Å². The summed E-state index contributed by atoms with van der Waals surface area (Å²) in [4.78, 5) is 15.8. The van der Waals surface area contributed by atoms with E-state index in [2.05, 4.69) is 0 Å². The Morgan fingerprint density at radius 1 is 1.16 bits per heavy atom. The van der Waals surface area contributed by atoms with Crippen molar-refractivity contribution in [1.82, 2.24) is 9.80 Å². The van der Waals surface area contributed by atoms with Crippen molar-refractivity contribution in [2.24, 2.45) is 5.41 Å². The van der Waals surface area contributed by atoms with Gasteiger partial charge in [-0.05, 0) is 6.42 Å². The molecule has 1 amide bonds. The summed E-state index contributed by atoms with van der Waals surface area (Å²) in [6, 6.07) is 0.236. The molecule has 6 heteroatoms. The highest BCUT2D eigenvalue weighted by Crippen LogP contribution is 2.35. The zero-order valence-corrected chi connectivity index (χ0v) is 11.6. The molecule has 0 saturated carbocycles. The van der Waals surface area contributed by atoms with E-state index in [9.17, 15) is 18.0 Å². The van der Waals surface area contributed by atoms with Crippen molar-refractivity contribution in [1.29, 1.82) is 0 Å². The van der Waals surface area contributed by atoms with E-state index in [-0.39, 0.29) is 24.5 Å². The number of carbonyl (C=O) groups is 1. The van der Waals surface area contributed by atoms with Crippen molar-refractivity contribution in [2.45, 2.75) is 51.9 Å². The molecule has 0 radical (unpaired) electrons. The predicted molar refractivity (Wildman–Crippen MR) is 65.6 cm³/mol. The molecular formula is C13H21F3N2O. The number of alkyl halides is 3. The molecule has 2 bridgehead atoms. The second-order valence-corrected chi connectivity index (χ2v) is 6.61. The molecule has 0 N–H and O–H groups in total. The first-order valence-corrected chi connectivity index (χ1v) is 6.70. The average Bonchev–Trinajstić information content (AvgIpc) is 2.25. The predicted octanol–water partition coefficient (Wildman–Crippen LogP) is 2.27. The molecular weight excluding hydrogens is 257 g/mol. The quantitative estimate of drug-likeness (QED) is 0.773. The number of rotatable bonds is 2. The van der Waals surface area contributed by atoms with E-state index in [4.69, 9.17) is 0 Å². The maximum absolute atomic E-state index is 12.2. The van der Waals surface area contributed by atoms with E-state index in [0.717, 1.165) is 6.42 Å². The minimum atomic E-state index is -4.09. The Kier molecular flexibility index (Phi) is 3.58. The lowest BCUT2D eigenvalue weighted by atomic mass is 9.85. The van der Waals surface area contributed by atoms with Crippen molar-refractivity contribution < 1.29 is 18.0 Å². The van der Waals surface area contributed by atoms with Gasteiger partial charge in [0.05, 0.1) is 6.42 Å². The normalized spacial score (nSPS) is 28.2. The zero-order valence-electron chi connectivity index (χ0n) is 11.6. The molecule has 2 unspecified atom stereocenters. The Morgan fingerprint density at radius 3 is 2.11 bits per heavy atom. The Hall–Kier alpha value is -0.780. The van der Waals surface area contributed by atoms with Gasteiger partial charge in [-0.25, -0.2) is 0 Å². The molecule has 3 heterocycles. The summed E-state index contributed by atoms with van der Waals surface area (Å²) in [6.07, 6.45) is -3.93. The number of piperidine rings is 1. The summed E-state index contributed by atoms with van der Waals surface area (Å²) < 4.78 is 36.7. The van der Waals surface area contributed by atoms with Crippen molar-refractivity contribution in [3.63, 3.8) is 0 Å². The van der Waals surface area contributed by atoms with Gasteiger partial charge in [0.25, 0.3) is 0 Å². The Morgan fingerprint density at radius 2 is 1.68 bits per heavy atom. The van der Waals surface area contributed by atoms with Gasteiger partial charge in [-0.3, -0.25) is 9.69 Å². The largest absolute Gasteiger partial charge is 0.390 e. The summed E-state index contributed by atoms with van der Waals surface area (Å²) in [5.41, 5.74) is -0.416. The molecule has 19 heavy (non-hydrogen) atoms. The number of hydrogen-bond donors (Lipinski definition) is 0. The lowest BCUT2D eigenvalue weighted by Crippen LogP contribution is -2.70. The molecule has 3 aliphatic heterocycles. The van der Waals surface area contributed by atoms with Gasteiger partial charge in [0.1, 0.15) is 0 Å². The molecule has 0 spiro atoms. The average molecular weight is 278 g/mol. The number of piperazine rings is 1. The molecule has 3 saturated heterocycles. The third-order valence-electron chi connectivity index (χ3n) is 3.93. The van der Waals surface area contributed by atoms with E-state index in [1.807, 2.05) is 30.6 Å². The standard InChI is InChI=1S/C13H21F3N2O/c1-12(2,3)11(19)17-7-9-6-10(8-17)18(9)5-4-13(14,15)16/h9-10H,4-8H2,1-3H3. The van der Waals surface area contributed by atoms with Crippen molar-refractivity contribution in [3.05, 3.63) is 0 Å². The molecule has 2 atom stereocenters. The summed E-state index contributed by atoms with van der Waals surface area (Å²) in [5.74, 6) is 0.0951. The summed E-state index contributed by atoms with van der Waals surface area (Å²) >= 11 is 0. The van der Waals surface area contributed by atoms with Gasteiger partial charge in [-0.2, -0.15) is 13.2 Å². The van der Waals surface area contributed by atoms with Gasteiger partial charge in [0, 0.05) is 37.1 Å². The van der Waals surface area contributed by atoms with Crippen LogP contribution < -0.4 is 0 Å².